The van der Waals surface area contributed by atoms with Gasteiger partial charge in [-0.15, -0.1) is 0 Å². The summed E-state index contributed by atoms with van der Waals surface area (Å²) in [6.07, 6.45) is 7.56. The van der Waals surface area contributed by atoms with Gasteiger partial charge in [0.05, 0.1) is 18.4 Å². The molecule has 1 saturated heterocycles. The van der Waals surface area contributed by atoms with E-state index in [-0.39, 0.29) is 6.10 Å². The fourth-order valence-corrected chi connectivity index (χ4v) is 3.32. The molecule has 1 atom stereocenters. The molecule has 1 aliphatic heterocycles. The Hall–Kier alpha value is -2.11. The van der Waals surface area contributed by atoms with Crippen LogP contribution in [0.15, 0.2) is 47.1 Å². The first-order valence-electron chi connectivity index (χ1n) is 8.59. The van der Waals surface area contributed by atoms with Crippen molar-refractivity contribution in [2.75, 3.05) is 13.7 Å². The van der Waals surface area contributed by atoms with E-state index in [1.165, 1.54) is 12.1 Å². The van der Waals surface area contributed by atoms with Gasteiger partial charge < -0.3 is 13.6 Å². The summed E-state index contributed by atoms with van der Waals surface area (Å²) < 4.78 is 13.9. The standard InChI is InChI=1S/C19H23N3O2/c1-21(13-15-12-20-19-7-2-4-10-22(15)19)14-16-8-9-18(24-16)17-6-3-5-11-23-17/h2,4,7-10,12,17H,3,5-6,11,13-14H2,1H3. The van der Waals surface area contributed by atoms with E-state index in [0.717, 1.165) is 49.7 Å². The van der Waals surface area contributed by atoms with Gasteiger partial charge in [-0.2, -0.15) is 0 Å². The third kappa shape index (κ3) is 3.23. The number of rotatable bonds is 5. The number of ether oxygens (including phenoxy) is 1. The molecule has 0 spiro atoms. The molecule has 5 nitrogen and oxygen atoms in total. The Morgan fingerprint density at radius 1 is 1.21 bits per heavy atom. The molecule has 5 heteroatoms. The van der Waals surface area contributed by atoms with Crippen LogP contribution in [-0.4, -0.2) is 27.9 Å². The van der Waals surface area contributed by atoms with Crippen molar-refractivity contribution in [2.45, 2.75) is 38.5 Å². The first-order valence-corrected chi connectivity index (χ1v) is 8.59. The van der Waals surface area contributed by atoms with Gasteiger partial charge in [0.1, 0.15) is 23.3 Å². The summed E-state index contributed by atoms with van der Waals surface area (Å²) in [6, 6.07) is 10.2. The van der Waals surface area contributed by atoms with Gasteiger partial charge in [-0.25, -0.2) is 4.98 Å². The van der Waals surface area contributed by atoms with Crippen LogP contribution in [0.2, 0.25) is 0 Å². The topological polar surface area (TPSA) is 42.9 Å². The minimum Gasteiger partial charge on any atom is -0.462 e. The molecule has 0 aliphatic carbocycles. The molecule has 3 aromatic heterocycles. The van der Waals surface area contributed by atoms with E-state index in [1.54, 1.807) is 0 Å². The first-order chi connectivity index (χ1) is 11.8. The molecule has 4 heterocycles. The van der Waals surface area contributed by atoms with Crippen molar-refractivity contribution in [3.63, 3.8) is 0 Å². The maximum absolute atomic E-state index is 6.01. The Morgan fingerprint density at radius 3 is 3.04 bits per heavy atom. The molecule has 0 bridgehead atoms. The summed E-state index contributed by atoms with van der Waals surface area (Å²) in [5.74, 6) is 1.95. The Kier molecular flexibility index (Phi) is 4.36. The van der Waals surface area contributed by atoms with E-state index >= 15 is 0 Å². The molecule has 4 rings (SSSR count). The molecule has 0 aromatic carbocycles. The van der Waals surface area contributed by atoms with Gasteiger partial charge in [-0.05, 0) is 50.6 Å². The zero-order chi connectivity index (χ0) is 16.4. The highest BCUT2D eigenvalue weighted by molar-refractivity contribution is 5.39. The van der Waals surface area contributed by atoms with Crippen LogP contribution in [0.3, 0.4) is 0 Å². The van der Waals surface area contributed by atoms with Crippen molar-refractivity contribution in [3.05, 3.63) is 59.9 Å². The van der Waals surface area contributed by atoms with Crippen LogP contribution in [0, 0.1) is 0 Å². The summed E-state index contributed by atoms with van der Waals surface area (Å²) in [7, 11) is 2.10. The van der Waals surface area contributed by atoms with Crippen LogP contribution in [-0.2, 0) is 17.8 Å². The Balaban J connectivity index is 1.41. The van der Waals surface area contributed by atoms with Crippen LogP contribution >= 0.6 is 0 Å². The third-order valence-corrected chi connectivity index (χ3v) is 4.53. The van der Waals surface area contributed by atoms with E-state index in [2.05, 4.69) is 39.7 Å². The number of imidazole rings is 1. The van der Waals surface area contributed by atoms with Crippen LogP contribution in [0.5, 0.6) is 0 Å². The average Bonchev–Trinajstić information content (AvgIpc) is 3.23. The molecule has 0 N–H and O–H groups in total. The summed E-state index contributed by atoms with van der Waals surface area (Å²) >= 11 is 0. The maximum Gasteiger partial charge on any atom is 0.136 e. The van der Waals surface area contributed by atoms with Crippen LogP contribution in [0.4, 0.5) is 0 Å². The van der Waals surface area contributed by atoms with Gasteiger partial charge in [0.25, 0.3) is 0 Å². The molecule has 126 valence electrons. The van der Waals surface area contributed by atoms with E-state index in [0.29, 0.717) is 0 Å². The van der Waals surface area contributed by atoms with E-state index in [1.807, 2.05) is 24.4 Å². The molecule has 1 unspecified atom stereocenters. The minimum atomic E-state index is 0.136. The summed E-state index contributed by atoms with van der Waals surface area (Å²) in [4.78, 5) is 6.68. The summed E-state index contributed by atoms with van der Waals surface area (Å²) in [6.45, 7) is 2.43. The molecule has 1 fully saturated rings. The van der Waals surface area contributed by atoms with Crippen molar-refractivity contribution >= 4 is 5.65 Å². The zero-order valence-electron chi connectivity index (χ0n) is 14.0. The molecule has 24 heavy (non-hydrogen) atoms. The average molecular weight is 325 g/mol. The number of nitrogens with zero attached hydrogens (tertiary/aromatic N) is 3. The highest BCUT2D eigenvalue weighted by Gasteiger charge is 2.19. The van der Waals surface area contributed by atoms with Gasteiger partial charge in [0.15, 0.2) is 0 Å². The summed E-state index contributed by atoms with van der Waals surface area (Å²) in [5, 5.41) is 0. The highest BCUT2D eigenvalue weighted by atomic mass is 16.5. The number of aromatic nitrogens is 2. The molecule has 0 saturated carbocycles. The zero-order valence-corrected chi connectivity index (χ0v) is 14.0. The van der Waals surface area contributed by atoms with Gasteiger partial charge in [-0.3, -0.25) is 4.90 Å². The van der Waals surface area contributed by atoms with Crippen LogP contribution < -0.4 is 0 Å². The highest BCUT2D eigenvalue weighted by Crippen LogP contribution is 2.29. The fourth-order valence-electron chi connectivity index (χ4n) is 3.32. The van der Waals surface area contributed by atoms with Crippen LogP contribution in [0.1, 0.15) is 42.6 Å². The quantitative estimate of drug-likeness (QED) is 0.715. The van der Waals surface area contributed by atoms with Crippen molar-refractivity contribution in [3.8, 4) is 0 Å². The van der Waals surface area contributed by atoms with Gasteiger partial charge in [-0.1, -0.05) is 6.07 Å². The normalized spacial score (nSPS) is 18.5. The van der Waals surface area contributed by atoms with Crippen molar-refractivity contribution in [1.29, 1.82) is 0 Å². The lowest BCUT2D eigenvalue weighted by Crippen LogP contribution is -2.18. The lowest BCUT2D eigenvalue weighted by molar-refractivity contribution is 0.000903. The van der Waals surface area contributed by atoms with E-state index in [9.17, 15) is 0 Å². The molecule has 0 amide bonds. The number of hydrogen-bond acceptors (Lipinski definition) is 4. The Labute approximate surface area is 141 Å². The number of furan rings is 1. The van der Waals surface area contributed by atoms with Crippen LogP contribution in [0.25, 0.3) is 5.65 Å². The smallest absolute Gasteiger partial charge is 0.136 e. The maximum atomic E-state index is 6.01. The van der Waals surface area contributed by atoms with E-state index < -0.39 is 0 Å². The number of hydrogen-bond donors (Lipinski definition) is 0. The van der Waals surface area contributed by atoms with Crippen molar-refractivity contribution in [2.24, 2.45) is 0 Å². The van der Waals surface area contributed by atoms with Crippen molar-refractivity contribution in [1.82, 2.24) is 14.3 Å². The largest absolute Gasteiger partial charge is 0.462 e. The number of pyridine rings is 1. The summed E-state index contributed by atoms with van der Waals surface area (Å²) in [5.41, 5.74) is 2.16. The second kappa shape index (κ2) is 6.79. The Bertz CT molecular complexity index is 802. The molecule has 1 aliphatic rings. The van der Waals surface area contributed by atoms with Crippen molar-refractivity contribution < 1.29 is 9.15 Å². The predicted molar refractivity (Wildman–Crippen MR) is 91.6 cm³/mol. The predicted octanol–water partition coefficient (Wildman–Crippen LogP) is 3.80. The molecule has 3 aromatic rings. The first kappa shape index (κ1) is 15.4. The van der Waals surface area contributed by atoms with Gasteiger partial charge in [0, 0.05) is 19.3 Å². The fraction of sp³-hybridized carbons (Fsp3) is 0.421. The van der Waals surface area contributed by atoms with Gasteiger partial charge >= 0.3 is 0 Å². The lowest BCUT2D eigenvalue weighted by Gasteiger charge is -2.20. The molecule has 0 radical (unpaired) electrons. The molecular formula is C19H23N3O2. The molecular weight excluding hydrogens is 302 g/mol. The second-order valence-corrected chi connectivity index (χ2v) is 6.51. The second-order valence-electron chi connectivity index (χ2n) is 6.51. The monoisotopic (exact) mass is 325 g/mol. The third-order valence-electron chi connectivity index (χ3n) is 4.53. The number of fused-ring (bicyclic) bond motifs is 1. The van der Waals surface area contributed by atoms with E-state index in [4.69, 9.17) is 9.15 Å². The lowest BCUT2D eigenvalue weighted by atomic mass is 10.1. The van der Waals surface area contributed by atoms with Gasteiger partial charge in [0.2, 0.25) is 0 Å². The Morgan fingerprint density at radius 2 is 2.17 bits per heavy atom. The minimum absolute atomic E-state index is 0.136. The SMILES string of the molecule is CN(Cc1ccc(C2CCCCO2)o1)Cc1cnc2ccccn12.